The predicted octanol–water partition coefficient (Wildman–Crippen LogP) is 0.335. The van der Waals surface area contributed by atoms with Gasteiger partial charge in [-0.05, 0) is 11.6 Å². The normalized spacial score (nSPS) is 10.2. The second-order valence-corrected chi connectivity index (χ2v) is 2.81. The van der Waals surface area contributed by atoms with Crippen LogP contribution in [0.3, 0.4) is 0 Å². The molecule has 0 heterocycles. The Kier molecular flexibility index (Phi) is 4.25. The van der Waals surface area contributed by atoms with Gasteiger partial charge in [-0.25, -0.2) is 0 Å². The first-order chi connectivity index (χ1) is 7.22. The lowest BCUT2D eigenvalue weighted by atomic mass is 10.2. The van der Waals surface area contributed by atoms with Crippen LogP contribution in [0.1, 0.15) is 5.56 Å². The lowest BCUT2D eigenvalue weighted by Crippen LogP contribution is -2.31. The fourth-order valence-electron chi connectivity index (χ4n) is 0.955. The number of carbonyl (C=O) groups excluding carboxylic acids is 2. The number of imide groups is 1. The van der Waals surface area contributed by atoms with Crippen molar-refractivity contribution >= 4 is 17.9 Å². The molecule has 0 fully saturated rings. The van der Waals surface area contributed by atoms with Crippen LogP contribution in [0.15, 0.2) is 36.4 Å². The molecule has 0 saturated carbocycles. The Morgan fingerprint density at radius 2 is 1.93 bits per heavy atom. The van der Waals surface area contributed by atoms with E-state index in [0.717, 1.165) is 5.56 Å². The summed E-state index contributed by atoms with van der Waals surface area (Å²) in [5, 5.41) is 10.4. The minimum absolute atomic E-state index is 0.544. The lowest BCUT2D eigenvalue weighted by molar-refractivity contribution is -0.129. The van der Waals surface area contributed by atoms with Crippen molar-refractivity contribution in [1.82, 2.24) is 5.32 Å². The van der Waals surface area contributed by atoms with Gasteiger partial charge in [0.15, 0.2) is 0 Å². The van der Waals surface area contributed by atoms with Crippen molar-refractivity contribution in [3.63, 3.8) is 0 Å². The molecule has 0 spiro atoms. The van der Waals surface area contributed by atoms with Crippen LogP contribution < -0.4 is 5.32 Å². The molecule has 2 amide bonds. The van der Waals surface area contributed by atoms with Gasteiger partial charge in [0.25, 0.3) is 11.8 Å². The van der Waals surface area contributed by atoms with Crippen molar-refractivity contribution in [1.29, 1.82) is 0 Å². The third kappa shape index (κ3) is 4.19. The van der Waals surface area contributed by atoms with Crippen molar-refractivity contribution < 1.29 is 14.7 Å². The van der Waals surface area contributed by atoms with E-state index >= 15 is 0 Å². The maximum absolute atomic E-state index is 11.1. The van der Waals surface area contributed by atoms with E-state index in [1.807, 2.05) is 35.6 Å². The van der Waals surface area contributed by atoms with Crippen molar-refractivity contribution in [3.05, 3.63) is 42.0 Å². The number of carbonyl (C=O) groups is 2. The summed E-state index contributed by atoms with van der Waals surface area (Å²) in [5.74, 6) is -1.25. The van der Waals surface area contributed by atoms with E-state index in [2.05, 4.69) is 0 Å². The van der Waals surface area contributed by atoms with Crippen LogP contribution in [0.5, 0.6) is 0 Å². The van der Waals surface area contributed by atoms with Gasteiger partial charge < -0.3 is 5.11 Å². The van der Waals surface area contributed by atoms with E-state index < -0.39 is 18.4 Å². The molecule has 1 aromatic carbocycles. The number of amides is 2. The average molecular weight is 205 g/mol. The van der Waals surface area contributed by atoms with Crippen LogP contribution in [0.4, 0.5) is 0 Å². The lowest BCUT2D eigenvalue weighted by Gasteiger charge is -1.96. The summed E-state index contributed by atoms with van der Waals surface area (Å²) in [7, 11) is 0. The second-order valence-electron chi connectivity index (χ2n) is 2.81. The van der Waals surface area contributed by atoms with Crippen LogP contribution in [0.2, 0.25) is 0 Å². The molecule has 0 saturated heterocycles. The van der Waals surface area contributed by atoms with Crippen molar-refractivity contribution in [2.75, 3.05) is 6.61 Å². The average Bonchev–Trinajstić information content (AvgIpc) is 2.27. The zero-order valence-corrected chi connectivity index (χ0v) is 8.01. The van der Waals surface area contributed by atoms with Crippen LogP contribution >= 0.6 is 0 Å². The first kappa shape index (κ1) is 11.1. The zero-order valence-electron chi connectivity index (χ0n) is 8.01. The summed E-state index contributed by atoms with van der Waals surface area (Å²) in [6.45, 7) is -0.690. The number of aliphatic hydroxyl groups is 1. The summed E-state index contributed by atoms with van der Waals surface area (Å²) in [5.41, 5.74) is 0.865. The summed E-state index contributed by atoms with van der Waals surface area (Å²) >= 11 is 0. The molecule has 0 radical (unpaired) electrons. The molecule has 0 unspecified atom stereocenters. The molecule has 0 aliphatic carbocycles. The molecule has 4 heteroatoms. The Labute approximate surface area is 87.2 Å². The van der Waals surface area contributed by atoms with Crippen molar-refractivity contribution in [2.45, 2.75) is 0 Å². The Morgan fingerprint density at radius 1 is 1.27 bits per heavy atom. The first-order valence-electron chi connectivity index (χ1n) is 4.40. The Hall–Kier alpha value is -1.94. The fraction of sp³-hybridized carbons (Fsp3) is 0.0909. The molecule has 15 heavy (non-hydrogen) atoms. The summed E-state index contributed by atoms with van der Waals surface area (Å²) in [6, 6.07) is 9.22. The van der Waals surface area contributed by atoms with E-state index in [0.29, 0.717) is 0 Å². The molecule has 0 aliphatic rings. The predicted molar refractivity (Wildman–Crippen MR) is 55.7 cm³/mol. The molecule has 1 aromatic rings. The van der Waals surface area contributed by atoms with Gasteiger partial charge in [-0.2, -0.15) is 0 Å². The van der Waals surface area contributed by atoms with Gasteiger partial charge in [-0.15, -0.1) is 0 Å². The molecule has 78 valence electrons. The SMILES string of the molecule is O=C(C=Cc1ccccc1)NC(=O)CO. The Balaban J connectivity index is 2.52. The number of nitrogens with one attached hydrogen (secondary N) is 1. The van der Waals surface area contributed by atoms with E-state index in [9.17, 15) is 9.59 Å². The molecule has 4 nitrogen and oxygen atoms in total. The van der Waals surface area contributed by atoms with Gasteiger partial charge in [0.1, 0.15) is 6.61 Å². The quantitative estimate of drug-likeness (QED) is 0.699. The molecule has 0 aliphatic heterocycles. The first-order valence-corrected chi connectivity index (χ1v) is 4.40. The third-order valence-electron chi connectivity index (χ3n) is 1.63. The van der Waals surface area contributed by atoms with Crippen molar-refractivity contribution in [3.8, 4) is 0 Å². The number of aliphatic hydroxyl groups excluding tert-OH is 1. The van der Waals surface area contributed by atoms with E-state index in [1.54, 1.807) is 6.08 Å². The van der Waals surface area contributed by atoms with E-state index in [-0.39, 0.29) is 0 Å². The molecule has 2 N–H and O–H groups in total. The molecule has 1 rings (SSSR count). The van der Waals surface area contributed by atoms with Crippen LogP contribution in [0.25, 0.3) is 6.08 Å². The summed E-state index contributed by atoms with van der Waals surface area (Å²) < 4.78 is 0. The highest BCUT2D eigenvalue weighted by Gasteiger charge is 2.01. The number of hydrogen-bond acceptors (Lipinski definition) is 3. The maximum Gasteiger partial charge on any atom is 0.252 e. The van der Waals surface area contributed by atoms with Gasteiger partial charge >= 0.3 is 0 Å². The van der Waals surface area contributed by atoms with E-state index in [1.165, 1.54) is 6.08 Å². The topological polar surface area (TPSA) is 66.4 Å². The minimum atomic E-state index is -0.710. The van der Waals surface area contributed by atoms with Gasteiger partial charge in [-0.3, -0.25) is 14.9 Å². The van der Waals surface area contributed by atoms with Gasteiger partial charge in [-0.1, -0.05) is 30.3 Å². The molecular formula is C11H11NO3. The highest BCUT2D eigenvalue weighted by atomic mass is 16.3. The molecular weight excluding hydrogens is 194 g/mol. The molecule has 0 bridgehead atoms. The maximum atomic E-state index is 11.1. The molecule has 0 atom stereocenters. The number of hydrogen-bond donors (Lipinski definition) is 2. The van der Waals surface area contributed by atoms with Crippen LogP contribution in [-0.4, -0.2) is 23.5 Å². The van der Waals surface area contributed by atoms with Crippen LogP contribution in [0, 0.1) is 0 Å². The standard InChI is InChI=1S/C11H11NO3/c13-8-11(15)12-10(14)7-6-9-4-2-1-3-5-9/h1-7,13H,8H2,(H,12,14,15). The third-order valence-corrected chi connectivity index (χ3v) is 1.63. The minimum Gasteiger partial charge on any atom is -0.387 e. The highest BCUT2D eigenvalue weighted by molar-refractivity contribution is 6.03. The van der Waals surface area contributed by atoms with Gasteiger partial charge in [0, 0.05) is 6.08 Å². The number of benzene rings is 1. The van der Waals surface area contributed by atoms with Gasteiger partial charge in [0.2, 0.25) is 0 Å². The molecule has 0 aromatic heterocycles. The summed E-state index contributed by atoms with van der Waals surface area (Å²) in [6.07, 6.45) is 2.82. The van der Waals surface area contributed by atoms with Gasteiger partial charge in [0.05, 0.1) is 0 Å². The highest BCUT2D eigenvalue weighted by Crippen LogP contribution is 2.00. The van der Waals surface area contributed by atoms with Crippen molar-refractivity contribution in [2.24, 2.45) is 0 Å². The number of rotatable bonds is 3. The monoisotopic (exact) mass is 205 g/mol. The Bertz CT molecular complexity index is 371. The zero-order chi connectivity index (χ0) is 11.1. The van der Waals surface area contributed by atoms with Crippen LogP contribution in [-0.2, 0) is 9.59 Å². The fourth-order valence-corrected chi connectivity index (χ4v) is 0.955. The second kappa shape index (κ2) is 5.72. The Morgan fingerprint density at radius 3 is 2.53 bits per heavy atom. The van der Waals surface area contributed by atoms with E-state index in [4.69, 9.17) is 5.11 Å². The summed E-state index contributed by atoms with van der Waals surface area (Å²) in [4.78, 5) is 21.7. The largest absolute Gasteiger partial charge is 0.387 e. The smallest absolute Gasteiger partial charge is 0.252 e.